The summed E-state index contributed by atoms with van der Waals surface area (Å²) in [6, 6.07) is 6.02. The van der Waals surface area contributed by atoms with Gasteiger partial charge in [0.05, 0.1) is 22.9 Å². The number of halogens is 5. The van der Waals surface area contributed by atoms with Gasteiger partial charge in [-0.3, -0.25) is 4.79 Å². The van der Waals surface area contributed by atoms with Crippen molar-refractivity contribution >= 4 is 29.2 Å². The number of carbonyl (C=O) groups excluding carboxylic acids is 2. The van der Waals surface area contributed by atoms with Gasteiger partial charge in [-0.25, -0.2) is 9.18 Å². The van der Waals surface area contributed by atoms with E-state index < -0.39 is 41.6 Å². The van der Waals surface area contributed by atoms with Crippen molar-refractivity contribution in [3.05, 3.63) is 58.4 Å². The molecule has 1 N–H and O–H groups in total. The highest BCUT2D eigenvalue weighted by Crippen LogP contribution is 2.35. The van der Waals surface area contributed by atoms with Crippen LogP contribution in [-0.4, -0.2) is 38.8 Å². The maximum Gasteiger partial charge on any atom is 0.416 e. The van der Waals surface area contributed by atoms with E-state index in [1.54, 1.807) is 0 Å². The molecule has 0 atom stereocenters. The minimum absolute atomic E-state index is 0.0193. The Bertz CT molecular complexity index is 900. The van der Waals surface area contributed by atoms with E-state index in [0.29, 0.717) is 6.07 Å². The van der Waals surface area contributed by atoms with Crippen molar-refractivity contribution in [2.75, 3.05) is 32.2 Å². The summed E-state index contributed by atoms with van der Waals surface area (Å²) in [6.07, 6.45) is -4.65. The van der Waals surface area contributed by atoms with Gasteiger partial charge in [0.15, 0.2) is 6.61 Å². The molecular weight excluding hydrogens is 434 g/mol. The van der Waals surface area contributed by atoms with Crippen LogP contribution in [-0.2, 0) is 20.4 Å². The van der Waals surface area contributed by atoms with Gasteiger partial charge in [-0.05, 0) is 30.3 Å². The van der Waals surface area contributed by atoms with Crippen LogP contribution in [0.1, 0.15) is 15.9 Å². The van der Waals surface area contributed by atoms with E-state index >= 15 is 0 Å². The number of nitrogens with one attached hydrogen (secondary N) is 1. The molecule has 162 valence electrons. The van der Waals surface area contributed by atoms with Crippen LogP contribution in [0.5, 0.6) is 5.75 Å². The molecule has 0 fully saturated rings. The largest absolute Gasteiger partial charge is 0.489 e. The molecule has 6 nitrogen and oxygen atoms in total. The van der Waals surface area contributed by atoms with Gasteiger partial charge < -0.3 is 19.5 Å². The number of anilines is 1. The zero-order valence-electron chi connectivity index (χ0n) is 15.5. The first-order valence-corrected chi connectivity index (χ1v) is 8.75. The Labute approximate surface area is 173 Å². The highest BCUT2D eigenvalue weighted by Gasteiger charge is 2.31. The second-order valence-electron chi connectivity index (χ2n) is 5.77. The van der Waals surface area contributed by atoms with Crippen LogP contribution in [0.2, 0.25) is 5.02 Å². The Morgan fingerprint density at radius 2 is 1.87 bits per heavy atom. The summed E-state index contributed by atoms with van der Waals surface area (Å²) >= 11 is 5.74. The molecule has 2 aromatic rings. The Morgan fingerprint density at radius 1 is 1.13 bits per heavy atom. The van der Waals surface area contributed by atoms with Crippen LogP contribution < -0.4 is 10.1 Å². The topological polar surface area (TPSA) is 73.9 Å². The Morgan fingerprint density at radius 3 is 2.50 bits per heavy atom. The lowest BCUT2D eigenvalue weighted by Crippen LogP contribution is -2.22. The normalized spacial score (nSPS) is 11.1. The molecule has 0 saturated carbocycles. The van der Waals surface area contributed by atoms with Crippen LogP contribution in [0, 0.1) is 5.82 Å². The minimum atomic E-state index is -4.65. The van der Waals surface area contributed by atoms with Crippen molar-refractivity contribution in [3.8, 4) is 5.75 Å². The highest BCUT2D eigenvalue weighted by molar-refractivity contribution is 6.33. The number of alkyl halides is 3. The van der Waals surface area contributed by atoms with Crippen molar-refractivity contribution in [1.82, 2.24) is 0 Å². The first-order valence-electron chi connectivity index (χ1n) is 8.37. The van der Waals surface area contributed by atoms with Crippen molar-refractivity contribution in [2.45, 2.75) is 6.18 Å². The van der Waals surface area contributed by atoms with Gasteiger partial charge in [0.25, 0.3) is 5.91 Å². The van der Waals surface area contributed by atoms with E-state index in [2.05, 4.69) is 5.32 Å². The predicted molar refractivity (Wildman–Crippen MR) is 99.1 cm³/mol. The number of carbonyl (C=O) groups is 2. The molecule has 1 amide bonds. The number of amides is 1. The van der Waals surface area contributed by atoms with Gasteiger partial charge >= 0.3 is 12.1 Å². The molecule has 0 aliphatic rings. The van der Waals surface area contributed by atoms with Crippen LogP contribution in [0.3, 0.4) is 0 Å². The van der Waals surface area contributed by atoms with Gasteiger partial charge in [-0.15, -0.1) is 0 Å². The number of methoxy groups -OCH3 is 1. The maximum atomic E-state index is 13.7. The van der Waals surface area contributed by atoms with E-state index in [9.17, 15) is 27.2 Å². The van der Waals surface area contributed by atoms with Gasteiger partial charge in [-0.2, -0.15) is 13.2 Å². The first kappa shape index (κ1) is 23.4. The smallest absolute Gasteiger partial charge is 0.416 e. The minimum Gasteiger partial charge on any atom is -0.489 e. The van der Waals surface area contributed by atoms with Crippen LogP contribution in [0.25, 0.3) is 0 Å². The highest BCUT2D eigenvalue weighted by atomic mass is 35.5. The van der Waals surface area contributed by atoms with Gasteiger partial charge in [-0.1, -0.05) is 17.7 Å². The number of hydrogen-bond acceptors (Lipinski definition) is 5. The number of benzene rings is 2. The number of hydrogen-bond donors (Lipinski definition) is 1. The quantitative estimate of drug-likeness (QED) is 0.369. The standard InChI is InChI=1S/C19H16ClF4NO5/c1-28-7-8-29-15-6-5-11(19(22,23)24)9-14(15)25-16(26)10-30-18(27)17-12(20)3-2-4-13(17)21/h2-6,9H,7-8,10H2,1H3,(H,25,26). The Balaban J connectivity index is 2.11. The second kappa shape index (κ2) is 10.3. The van der Waals surface area contributed by atoms with Crippen molar-refractivity contribution < 1.29 is 41.4 Å². The molecular formula is C19H16ClF4NO5. The van der Waals surface area contributed by atoms with Crippen molar-refractivity contribution in [1.29, 1.82) is 0 Å². The van der Waals surface area contributed by atoms with E-state index in [1.807, 2.05) is 0 Å². The maximum absolute atomic E-state index is 13.7. The molecule has 2 rings (SSSR count). The molecule has 0 aromatic heterocycles. The predicted octanol–water partition coefficient (Wildman–Crippen LogP) is 4.32. The SMILES string of the molecule is COCCOc1ccc(C(F)(F)F)cc1NC(=O)COC(=O)c1c(F)cccc1Cl. The first-order chi connectivity index (χ1) is 14.1. The fourth-order valence-electron chi connectivity index (χ4n) is 2.25. The number of ether oxygens (including phenoxy) is 3. The van der Waals surface area contributed by atoms with Crippen LogP contribution in [0.15, 0.2) is 36.4 Å². The summed E-state index contributed by atoms with van der Waals surface area (Å²) in [5.41, 5.74) is -1.87. The summed E-state index contributed by atoms with van der Waals surface area (Å²) in [6.45, 7) is -0.710. The van der Waals surface area contributed by atoms with E-state index in [-0.39, 0.29) is 29.7 Å². The molecule has 0 aliphatic heterocycles. The molecule has 11 heteroatoms. The molecule has 0 unspecified atom stereocenters. The van der Waals surface area contributed by atoms with Crippen LogP contribution in [0.4, 0.5) is 23.2 Å². The van der Waals surface area contributed by atoms with Crippen LogP contribution >= 0.6 is 11.6 Å². The summed E-state index contributed by atoms with van der Waals surface area (Å²) in [5, 5.41) is 1.96. The third-order valence-corrected chi connectivity index (χ3v) is 3.94. The third kappa shape index (κ3) is 6.33. The lowest BCUT2D eigenvalue weighted by Gasteiger charge is -2.15. The van der Waals surface area contributed by atoms with Gasteiger partial charge in [0.1, 0.15) is 23.7 Å². The molecule has 2 aromatic carbocycles. The van der Waals surface area contributed by atoms with Gasteiger partial charge in [0, 0.05) is 7.11 Å². The fourth-order valence-corrected chi connectivity index (χ4v) is 2.49. The summed E-state index contributed by atoms with van der Waals surface area (Å²) in [5.74, 6) is -3.16. The fraction of sp³-hybridized carbons (Fsp3) is 0.263. The monoisotopic (exact) mass is 449 g/mol. The van der Waals surface area contributed by atoms with Crippen molar-refractivity contribution in [3.63, 3.8) is 0 Å². The Hall–Kier alpha value is -2.85. The summed E-state index contributed by atoms with van der Waals surface area (Å²) < 4.78 is 67.4. The molecule has 0 radical (unpaired) electrons. The van der Waals surface area contributed by atoms with E-state index in [0.717, 1.165) is 18.2 Å². The lowest BCUT2D eigenvalue weighted by molar-refractivity contribution is -0.137. The second-order valence-corrected chi connectivity index (χ2v) is 6.18. The Kier molecular flexibility index (Phi) is 8.01. The average molecular weight is 450 g/mol. The molecule has 30 heavy (non-hydrogen) atoms. The van der Waals surface area contributed by atoms with E-state index in [4.69, 9.17) is 25.8 Å². The number of esters is 1. The third-order valence-electron chi connectivity index (χ3n) is 3.63. The number of rotatable bonds is 8. The molecule has 0 spiro atoms. The average Bonchev–Trinajstić information content (AvgIpc) is 2.66. The molecule has 0 saturated heterocycles. The zero-order valence-corrected chi connectivity index (χ0v) is 16.3. The van der Waals surface area contributed by atoms with Gasteiger partial charge in [0.2, 0.25) is 0 Å². The summed E-state index contributed by atoms with van der Waals surface area (Å²) in [4.78, 5) is 24.0. The molecule has 0 heterocycles. The van der Waals surface area contributed by atoms with E-state index in [1.165, 1.54) is 19.2 Å². The van der Waals surface area contributed by atoms with Crippen molar-refractivity contribution in [2.24, 2.45) is 0 Å². The lowest BCUT2D eigenvalue weighted by atomic mass is 10.1. The molecule has 0 bridgehead atoms. The molecule has 0 aliphatic carbocycles. The zero-order chi connectivity index (χ0) is 22.3. The summed E-state index contributed by atoms with van der Waals surface area (Å²) in [7, 11) is 1.41.